The summed E-state index contributed by atoms with van der Waals surface area (Å²) in [4.78, 5) is 12.1. The summed E-state index contributed by atoms with van der Waals surface area (Å²) >= 11 is 4.36. The normalized spacial score (nSPS) is 11.7. The first-order valence-corrected chi connectivity index (χ1v) is 8.90. The molecule has 0 aliphatic rings. The van der Waals surface area contributed by atoms with E-state index in [9.17, 15) is 18.0 Å². The number of rotatable bonds is 5. The van der Waals surface area contributed by atoms with Gasteiger partial charge in [-0.2, -0.15) is 13.2 Å². The summed E-state index contributed by atoms with van der Waals surface area (Å²) in [6.45, 7) is 1.86. The summed E-state index contributed by atoms with van der Waals surface area (Å²) in [5, 5.41) is 0. The molecule has 0 saturated heterocycles. The minimum Gasteiger partial charge on any atom is -0.463 e. The zero-order valence-electron chi connectivity index (χ0n) is 13.1. The first kappa shape index (κ1) is 19.6. The lowest BCUT2D eigenvalue weighted by molar-refractivity contribution is -0.140. The Labute approximate surface area is 156 Å². The Bertz CT molecular complexity index is 788. The van der Waals surface area contributed by atoms with Gasteiger partial charge in [0.25, 0.3) is 0 Å². The number of alkyl halides is 3. The van der Waals surface area contributed by atoms with Gasteiger partial charge in [0.05, 0.1) is 12.2 Å². The smallest absolute Gasteiger partial charge is 0.417 e. The minimum atomic E-state index is -4.50. The maximum Gasteiger partial charge on any atom is 0.417 e. The second-order valence-corrected chi connectivity index (χ2v) is 6.81. The number of hydrogen-bond donors (Lipinski definition) is 0. The van der Waals surface area contributed by atoms with Gasteiger partial charge in [-0.15, -0.1) is 0 Å². The van der Waals surface area contributed by atoms with E-state index in [0.29, 0.717) is 4.90 Å². The molecule has 2 aromatic rings. The third-order valence-corrected chi connectivity index (χ3v) is 5.17. The Morgan fingerprint density at radius 1 is 1.20 bits per heavy atom. The molecule has 0 aliphatic heterocycles. The lowest BCUT2D eigenvalue weighted by atomic mass is 10.1. The van der Waals surface area contributed by atoms with E-state index in [1.807, 2.05) is 0 Å². The van der Waals surface area contributed by atoms with E-state index in [4.69, 9.17) is 4.74 Å². The van der Waals surface area contributed by atoms with Crippen LogP contribution in [-0.4, -0.2) is 12.6 Å². The Morgan fingerprint density at radius 3 is 2.56 bits per heavy atom. The van der Waals surface area contributed by atoms with Crippen molar-refractivity contribution in [2.45, 2.75) is 22.9 Å². The van der Waals surface area contributed by atoms with Crippen molar-refractivity contribution in [1.29, 1.82) is 0 Å². The minimum absolute atomic E-state index is 0.0904. The van der Waals surface area contributed by atoms with Gasteiger partial charge in [0.15, 0.2) is 0 Å². The van der Waals surface area contributed by atoms with E-state index in [2.05, 4.69) is 15.9 Å². The van der Waals surface area contributed by atoms with Gasteiger partial charge in [-0.05, 0) is 58.8 Å². The van der Waals surface area contributed by atoms with Gasteiger partial charge in [0, 0.05) is 20.3 Å². The fraction of sp³-hybridized carbons (Fsp3) is 0.167. The molecular weight excluding hydrogens is 417 g/mol. The highest BCUT2D eigenvalue weighted by atomic mass is 79.9. The maximum atomic E-state index is 13.4. The molecule has 0 heterocycles. The number of carbonyl (C=O) groups is 1. The Balaban J connectivity index is 2.35. The van der Waals surface area contributed by atoms with Crippen molar-refractivity contribution < 1.29 is 22.7 Å². The number of benzene rings is 2. The second kappa shape index (κ2) is 8.58. The zero-order chi connectivity index (χ0) is 18.4. The van der Waals surface area contributed by atoms with Gasteiger partial charge >= 0.3 is 12.1 Å². The molecular formula is C18H14BrF3O2S. The largest absolute Gasteiger partial charge is 0.463 e. The lowest BCUT2D eigenvalue weighted by Gasteiger charge is -2.14. The molecule has 0 saturated carbocycles. The standard InChI is InChI=1S/C18H14BrF3O2S/c1-2-24-17(23)10-8-12-7-9-15(13(11-12)18(20,21)22)25-16-6-4-3-5-14(16)19/h3-11H,2H2,1H3. The Morgan fingerprint density at radius 2 is 1.92 bits per heavy atom. The molecule has 2 aromatic carbocycles. The summed E-state index contributed by atoms with van der Waals surface area (Å²) in [5.41, 5.74) is -0.476. The zero-order valence-corrected chi connectivity index (χ0v) is 15.5. The number of carbonyl (C=O) groups excluding carboxylic acids is 1. The highest BCUT2D eigenvalue weighted by Gasteiger charge is 2.34. The molecule has 132 valence electrons. The van der Waals surface area contributed by atoms with Crippen molar-refractivity contribution in [2.75, 3.05) is 6.61 Å². The van der Waals surface area contributed by atoms with Gasteiger partial charge in [-0.1, -0.05) is 30.0 Å². The number of hydrogen-bond acceptors (Lipinski definition) is 3. The predicted octanol–water partition coefficient (Wildman–Crippen LogP) is 6.20. The molecule has 0 aliphatic carbocycles. The third-order valence-electron chi connectivity index (χ3n) is 3.06. The number of ether oxygens (including phenoxy) is 1. The topological polar surface area (TPSA) is 26.3 Å². The van der Waals surface area contributed by atoms with Gasteiger partial charge in [0.2, 0.25) is 0 Å². The van der Waals surface area contributed by atoms with Crippen molar-refractivity contribution in [3.63, 3.8) is 0 Å². The fourth-order valence-corrected chi connectivity index (χ4v) is 3.46. The quantitative estimate of drug-likeness (QED) is 0.417. The van der Waals surface area contributed by atoms with Crippen LogP contribution >= 0.6 is 27.7 Å². The SMILES string of the molecule is CCOC(=O)C=Cc1ccc(Sc2ccccc2Br)c(C(F)(F)F)c1. The Hall–Kier alpha value is -1.73. The van der Waals surface area contributed by atoms with E-state index in [1.165, 1.54) is 18.2 Å². The van der Waals surface area contributed by atoms with Crippen LogP contribution in [0.5, 0.6) is 0 Å². The van der Waals surface area contributed by atoms with Crippen LogP contribution in [0.1, 0.15) is 18.1 Å². The van der Waals surface area contributed by atoms with Crippen LogP contribution in [-0.2, 0) is 15.7 Å². The van der Waals surface area contributed by atoms with Crippen LogP contribution in [0, 0.1) is 0 Å². The lowest BCUT2D eigenvalue weighted by Crippen LogP contribution is -2.07. The summed E-state index contributed by atoms with van der Waals surface area (Å²) < 4.78 is 45.7. The monoisotopic (exact) mass is 430 g/mol. The summed E-state index contributed by atoms with van der Waals surface area (Å²) in [5.74, 6) is -0.595. The summed E-state index contributed by atoms with van der Waals surface area (Å²) in [6.07, 6.45) is -2.09. The molecule has 0 unspecified atom stereocenters. The first-order chi connectivity index (χ1) is 11.8. The highest BCUT2D eigenvalue weighted by molar-refractivity contribution is 9.10. The van der Waals surface area contributed by atoms with Crippen molar-refractivity contribution >= 4 is 39.7 Å². The molecule has 0 amide bonds. The number of halogens is 4. The summed E-state index contributed by atoms with van der Waals surface area (Å²) in [6, 6.07) is 11.0. The molecule has 7 heteroatoms. The van der Waals surface area contributed by atoms with Crippen LogP contribution in [0.3, 0.4) is 0 Å². The third kappa shape index (κ3) is 5.64. The van der Waals surface area contributed by atoms with Gasteiger partial charge < -0.3 is 4.74 Å². The molecule has 2 rings (SSSR count). The summed E-state index contributed by atoms with van der Waals surface area (Å²) in [7, 11) is 0. The average Bonchev–Trinajstić information content (AvgIpc) is 2.55. The second-order valence-electron chi connectivity index (χ2n) is 4.87. The molecule has 0 aromatic heterocycles. The number of esters is 1. The molecule has 25 heavy (non-hydrogen) atoms. The molecule has 0 radical (unpaired) electrons. The van der Waals surface area contributed by atoms with Crippen LogP contribution in [0.4, 0.5) is 13.2 Å². The van der Waals surface area contributed by atoms with E-state index in [-0.39, 0.29) is 17.1 Å². The first-order valence-electron chi connectivity index (χ1n) is 7.29. The van der Waals surface area contributed by atoms with Crippen LogP contribution in [0.15, 0.2) is 62.8 Å². The maximum absolute atomic E-state index is 13.4. The molecule has 0 spiro atoms. The molecule has 0 fully saturated rings. The van der Waals surface area contributed by atoms with E-state index in [1.54, 1.807) is 31.2 Å². The molecule has 0 bridgehead atoms. The average molecular weight is 431 g/mol. The van der Waals surface area contributed by atoms with Crippen molar-refractivity contribution in [3.8, 4) is 0 Å². The van der Waals surface area contributed by atoms with Crippen LogP contribution in [0.2, 0.25) is 0 Å². The predicted molar refractivity (Wildman–Crippen MR) is 95.4 cm³/mol. The van der Waals surface area contributed by atoms with Crippen LogP contribution in [0.25, 0.3) is 6.08 Å². The van der Waals surface area contributed by atoms with Crippen molar-refractivity contribution in [1.82, 2.24) is 0 Å². The van der Waals surface area contributed by atoms with Crippen molar-refractivity contribution in [2.24, 2.45) is 0 Å². The van der Waals surface area contributed by atoms with E-state index >= 15 is 0 Å². The van der Waals surface area contributed by atoms with Gasteiger partial charge in [0.1, 0.15) is 0 Å². The fourth-order valence-electron chi connectivity index (χ4n) is 1.96. The molecule has 2 nitrogen and oxygen atoms in total. The van der Waals surface area contributed by atoms with Gasteiger partial charge in [-0.3, -0.25) is 0 Å². The van der Waals surface area contributed by atoms with E-state index < -0.39 is 17.7 Å². The van der Waals surface area contributed by atoms with Gasteiger partial charge in [-0.25, -0.2) is 4.79 Å². The molecule has 0 atom stereocenters. The van der Waals surface area contributed by atoms with E-state index in [0.717, 1.165) is 28.4 Å². The van der Waals surface area contributed by atoms with Crippen LogP contribution < -0.4 is 0 Å². The Kier molecular flexibility index (Phi) is 6.72. The highest BCUT2D eigenvalue weighted by Crippen LogP contribution is 2.41. The van der Waals surface area contributed by atoms with Crippen molar-refractivity contribution in [3.05, 3.63) is 64.1 Å². The molecule has 0 N–H and O–H groups in total.